The van der Waals surface area contributed by atoms with E-state index in [0.29, 0.717) is 19.5 Å². The van der Waals surface area contributed by atoms with Gasteiger partial charge in [0.2, 0.25) is 0 Å². The molecule has 0 heterocycles. The molecule has 0 aromatic heterocycles. The van der Waals surface area contributed by atoms with Crippen LogP contribution in [0.15, 0.2) is 24.3 Å². The molecule has 0 unspecified atom stereocenters. The fraction of sp³-hybridized carbons (Fsp3) is 0.429. The molecule has 0 fully saturated rings. The number of phenolic OH excluding ortho intramolecular Hbond substituents is 1. The zero-order valence-electron chi connectivity index (χ0n) is 11.5. The van der Waals surface area contributed by atoms with Crippen LogP contribution in [0, 0.1) is 0 Å². The Morgan fingerprint density at radius 3 is 2.45 bits per heavy atom. The Hall–Kier alpha value is -2.08. The average molecular weight is 280 g/mol. The predicted molar refractivity (Wildman–Crippen MR) is 74.2 cm³/mol. The highest BCUT2D eigenvalue weighted by Crippen LogP contribution is 2.09. The van der Waals surface area contributed by atoms with Gasteiger partial charge in [0.05, 0.1) is 6.61 Å². The van der Waals surface area contributed by atoms with Gasteiger partial charge in [-0.3, -0.25) is 9.59 Å². The summed E-state index contributed by atoms with van der Waals surface area (Å²) in [5.41, 5.74) is 0.957. The minimum Gasteiger partial charge on any atom is -0.508 e. The number of likely N-dealkylation sites (N-methyl/N-ethyl adjacent to an activating group) is 1. The molecule has 1 aromatic rings. The molecule has 6 nitrogen and oxygen atoms in total. The molecule has 0 aliphatic carbocycles. The molecular formula is C14H20N2O4. The Kier molecular flexibility index (Phi) is 6.52. The van der Waals surface area contributed by atoms with Gasteiger partial charge < -0.3 is 20.4 Å². The summed E-state index contributed by atoms with van der Waals surface area (Å²) in [6.07, 6.45) is 0.575. The van der Waals surface area contributed by atoms with Crippen molar-refractivity contribution >= 4 is 11.8 Å². The molecule has 0 aliphatic heterocycles. The molecule has 1 aromatic carbocycles. The van der Waals surface area contributed by atoms with Gasteiger partial charge in [0, 0.05) is 19.6 Å². The van der Waals surface area contributed by atoms with Crippen LogP contribution >= 0.6 is 0 Å². The highest BCUT2D eigenvalue weighted by Gasteiger charge is 2.19. The lowest BCUT2D eigenvalue weighted by molar-refractivity contribution is -0.146. The molecular weight excluding hydrogens is 260 g/mol. The molecule has 0 spiro atoms. The average Bonchev–Trinajstić information content (AvgIpc) is 2.46. The second kappa shape index (κ2) is 8.16. The minimum atomic E-state index is -0.668. The summed E-state index contributed by atoms with van der Waals surface area (Å²) in [5.74, 6) is -1.11. The molecule has 0 saturated heterocycles. The van der Waals surface area contributed by atoms with Gasteiger partial charge in [-0.25, -0.2) is 0 Å². The van der Waals surface area contributed by atoms with Crippen LogP contribution in [-0.2, 0) is 16.0 Å². The van der Waals surface area contributed by atoms with E-state index >= 15 is 0 Å². The maximum atomic E-state index is 11.7. The fourth-order valence-electron chi connectivity index (χ4n) is 1.73. The Labute approximate surface area is 118 Å². The molecule has 0 atom stereocenters. The lowest BCUT2D eigenvalue weighted by Gasteiger charge is -2.18. The number of phenols is 1. The second-order valence-electron chi connectivity index (χ2n) is 4.28. The molecule has 110 valence electrons. The van der Waals surface area contributed by atoms with Crippen molar-refractivity contribution in [2.24, 2.45) is 0 Å². The summed E-state index contributed by atoms with van der Waals surface area (Å²) in [6.45, 7) is 2.45. The first kappa shape index (κ1) is 16.0. The quantitative estimate of drug-likeness (QED) is 0.634. The SMILES string of the molecule is CCN(CCO)C(=O)C(=O)NCCc1ccc(O)cc1. The van der Waals surface area contributed by atoms with Crippen LogP contribution in [0.2, 0.25) is 0 Å². The van der Waals surface area contributed by atoms with Crippen molar-refractivity contribution in [2.75, 3.05) is 26.2 Å². The summed E-state index contributed by atoms with van der Waals surface area (Å²) in [6, 6.07) is 6.66. The number of hydrogen-bond acceptors (Lipinski definition) is 4. The standard InChI is InChI=1S/C14H20N2O4/c1-2-16(9-10-17)14(20)13(19)15-8-7-11-3-5-12(18)6-4-11/h3-6,17-18H,2,7-10H2,1H3,(H,15,19). The number of carbonyl (C=O) groups is 2. The fourth-order valence-corrected chi connectivity index (χ4v) is 1.73. The van der Waals surface area contributed by atoms with Gasteiger partial charge in [-0.1, -0.05) is 12.1 Å². The lowest BCUT2D eigenvalue weighted by atomic mass is 10.1. The van der Waals surface area contributed by atoms with Crippen molar-refractivity contribution in [3.05, 3.63) is 29.8 Å². The number of aliphatic hydroxyl groups is 1. The second-order valence-corrected chi connectivity index (χ2v) is 4.28. The Morgan fingerprint density at radius 2 is 1.90 bits per heavy atom. The smallest absolute Gasteiger partial charge is 0.311 e. The third kappa shape index (κ3) is 4.89. The number of aromatic hydroxyl groups is 1. The van der Waals surface area contributed by atoms with Crippen molar-refractivity contribution in [1.29, 1.82) is 0 Å². The topological polar surface area (TPSA) is 89.9 Å². The number of benzene rings is 1. The normalized spacial score (nSPS) is 10.1. The van der Waals surface area contributed by atoms with Crippen molar-refractivity contribution in [1.82, 2.24) is 10.2 Å². The van der Waals surface area contributed by atoms with E-state index in [-0.39, 0.29) is 18.9 Å². The molecule has 6 heteroatoms. The van der Waals surface area contributed by atoms with Crippen LogP contribution in [0.3, 0.4) is 0 Å². The number of hydrogen-bond donors (Lipinski definition) is 3. The van der Waals surface area contributed by atoms with Crippen molar-refractivity contribution < 1.29 is 19.8 Å². The maximum absolute atomic E-state index is 11.7. The van der Waals surface area contributed by atoms with E-state index in [4.69, 9.17) is 10.2 Å². The van der Waals surface area contributed by atoms with Gasteiger partial charge in [0.1, 0.15) is 5.75 Å². The highest BCUT2D eigenvalue weighted by molar-refractivity contribution is 6.34. The monoisotopic (exact) mass is 280 g/mol. The molecule has 2 amide bonds. The third-order valence-electron chi connectivity index (χ3n) is 2.87. The molecule has 20 heavy (non-hydrogen) atoms. The molecule has 3 N–H and O–H groups in total. The Morgan fingerprint density at radius 1 is 1.25 bits per heavy atom. The highest BCUT2D eigenvalue weighted by atomic mass is 16.3. The molecule has 0 radical (unpaired) electrons. The van der Waals surface area contributed by atoms with Gasteiger partial charge in [-0.15, -0.1) is 0 Å². The van der Waals surface area contributed by atoms with E-state index in [9.17, 15) is 9.59 Å². The number of nitrogens with zero attached hydrogens (tertiary/aromatic N) is 1. The van der Waals surface area contributed by atoms with Crippen LogP contribution in [-0.4, -0.2) is 53.2 Å². The Balaban J connectivity index is 2.39. The van der Waals surface area contributed by atoms with Gasteiger partial charge in [0.15, 0.2) is 0 Å². The molecule has 0 saturated carbocycles. The number of amides is 2. The number of carbonyl (C=O) groups excluding carboxylic acids is 2. The summed E-state index contributed by atoms with van der Waals surface area (Å²) >= 11 is 0. The number of aliphatic hydroxyl groups excluding tert-OH is 1. The molecule has 1 rings (SSSR count). The van der Waals surface area contributed by atoms with Crippen LogP contribution < -0.4 is 5.32 Å². The first-order valence-electron chi connectivity index (χ1n) is 6.54. The summed E-state index contributed by atoms with van der Waals surface area (Å²) < 4.78 is 0. The summed E-state index contributed by atoms with van der Waals surface area (Å²) in [5, 5.41) is 20.5. The van der Waals surface area contributed by atoms with Crippen LogP contribution in [0.1, 0.15) is 12.5 Å². The van der Waals surface area contributed by atoms with Gasteiger partial charge in [0.25, 0.3) is 0 Å². The van der Waals surface area contributed by atoms with Crippen LogP contribution in [0.5, 0.6) is 5.75 Å². The predicted octanol–water partition coefficient (Wildman–Crippen LogP) is -0.108. The summed E-state index contributed by atoms with van der Waals surface area (Å²) in [4.78, 5) is 24.6. The molecule has 0 bridgehead atoms. The molecule has 0 aliphatic rings. The van der Waals surface area contributed by atoms with Crippen molar-refractivity contribution in [2.45, 2.75) is 13.3 Å². The van der Waals surface area contributed by atoms with E-state index < -0.39 is 11.8 Å². The van der Waals surface area contributed by atoms with E-state index in [1.807, 2.05) is 0 Å². The largest absolute Gasteiger partial charge is 0.508 e. The van der Waals surface area contributed by atoms with Crippen LogP contribution in [0.25, 0.3) is 0 Å². The van der Waals surface area contributed by atoms with Gasteiger partial charge in [-0.2, -0.15) is 0 Å². The van der Waals surface area contributed by atoms with E-state index in [1.54, 1.807) is 31.2 Å². The first-order chi connectivity index (χ1) is 9.58. The zero-order valence-corrected chi connectivity index (χ0v) is 11.5. The number of nitrogens with one attached hydrogen (secondary N) is 1. The van der Waals surface area contributed by atoms with Crippen molar-refractivity contribution in [3.63, 3.8) is 0 Å². The minimum absolute atomic E-state index is 0.153. The first-order valence-corrected chi connectivity index (χ1v) is 6.54. The third-order valence-corrected chi connectivity index (χ3v) is 2.87. The zero-order chi connectivity index (χ0) is 15.0. The maximum Gasteiger partial charge on any atom is 0.311 e. The van der Waals surface area contributed by atoms with Gasteiger partial charge in [-0.05, 0) is 31.0 Å². The van der Waals surface area contributed by atoms with Crippen molar-refractivity contribution in [3.8, 4) is 5.75 Å². The van der Waals surface area contributed by atoms with E-state index in [1.165, 1.54) is 4.90 Å². The Bertz CT molecular complexity index is 445. The van der Waals surface area contributed by atoms with E-state index in [0.717, 1.165) is 5.56 Å². The van der Waals surface area contributed by atoms with E-state index in [2.05, 4.69) is 5.32 Å². The summed E-state index contributed by atoms with van der Waals surface area (Å²) in [7, 11) is 0. The van der Waals surface area contributed by atoms with Crippen LogP contribution in [0.4, 0.5) is 0 Å². The lowest BCUT2D eigenvalue weighted by Crippen LogP contribution is -2.44. The number of rotatable bonds is 6. The van der Waals surface area contributed by atoms with Gasteiger partial charge >= 0.3 is 11.8 Å².